The van der Waals surface area contributed by atoms with Crippen molar-refractivity contribution in [2.24, 2.45) is 0 Å². The lowest BCUT2D eigenvalue weighted by Gasteiger charge is -2.36. The van der Waals surface area contributed by atoms with Crippen molar-refractivity contribution in [3.05, 3.63) is 0 Å². The van der Waals surface area contributed by atoms with E-state index in [1.807, 2.05) is 6.92 Å². The van der Waals surface area contributed by atoms with Crippen molar-refractivity contribution in [2.75, 3.05) is 39.4 Å². The molecule has 0 bridgehead atoms. The van der Waals surface area contributed by atoms with Crippen LogP contribution in [0.25, 0.3) is 0 Å². The third-order valence-corrected chi connectivity index (χ3v) is 6.15. The summed E-state index contributed by atoms with van der Waals surface area (Å²) in [7, 11) is 0. The van der Waals surface area contributed by atoms with Gasteiger partial charge in [0.15, 0.2) is 0 Å². The molecule has 8 heteroatoms. The molecule has 0 radical (unpaired) electrons. The van der Waals surface area contributed by atoms with Crippen LogP contribution in [-0.2, 0) is 9.59 Å². The van der Waals surface area contributed by atoms with Crippen molar-refractivity contribution in [1.29, 1.82) is 0 Å². The third-order valence-electron chi connectivity index (χ3n) is 6.15. The summed E-state index contributed by atoms with van der Waals surface area (Å²) in [4.78, 5) is 42.9. The zero-order chi connectivity index (χ0) is 19.4. The Bertz CT molecular complexity index is 568. The summed E-state index contributed by atoms with van der Waals surface area (Å²) in [6.45, 7) is 7.85. The van der Waals surface area contributed by atoms with Crippen molar-refractivity contribution in [3.63, 3.8) is 0 Å². The fraction of sp³-hybridized carbons (Fsp3) is 0.842. The number of nitrogens with zero attached hydrogens (tertiary/aromatic N) is 3. The van der Waals surface area contributed by atoms with Crippen molar-refractivity contribution in [1.82, 2.24) is 25.3 Å². The van der Waals surface area contributed by atoms with E-state index in [4.69, 9.17) is 0 Å². The summed E-state index contributed by atoms with van der Waals surface area (Å²) < 4.78 is 0. The highest BCUT2D eigenvalue weighted by molar-refractivity contribution is 6.07. The van der Waals surface area contributed by atoms with E-state index in [0.29, 0.717) is 13.2 Å². The molecule has 1 saturated carbocycles. The Balaban J connectivity index is 1.46. The Kier molecular flexibility index (Phi) is 6.37. The Morgan fingerprint density at radius 2 is 1.74 bits per heavy atom. The van der Waals surface area contributed by atoms with E-state index < -0.39 is 5.54 Å². The van der Waals surface area contributed by atoms with Gasteiger partial charge in [-0.2, -0.15) is 0 Å². The van der Waals surface area contributed by atoms with Gasteiger partial charge in [0.2, 0.25) is 5.91 Å². The Morgan fingerprint density at radius 3 is 2.37 bits per heavy atom. The molecule has 2 aliphatic heterocycles. The third kappa shape index (κ3) is 4.60. The number of carbonyl (C=O) groups excluding carboxylic acids is 3. The van der Waals surface area contributed by atoms with E-state index in [2.05, 4.69) is 27.4 Å². The van der Waals surface area contributed by atoms with Gasteiger partial charge in [0.1, 0.15) is 5.54 Å². The summed E-state index contributed by atoms with van der Waals surface area (Å²) in [5.74, 6) is 0.00805. The van der Waals surface area contributed by atoms with Crippen molar-refractivity contribution < 1.29 is 14.4 Å². The quantitative estimate of drug-likeness (QED) is 0.665. The van der Waals surface area contributed by atoms with Crippen molar-refractivity contribution >= 4 is 17.8 Å². The SMILES string of the molecule is CC[C@H](C)NC(=O)CN1CCN(CN2C(=O)NC3(CCCCC3)C2=O)CC1. The number of imide groups is 1. The molecule has 2 heterocycles. The van der Waals surface area contributed by atoms with Crippen LogP contribution >= 0.6 is 0 Å². The molecule has 152 valence electrons. The Labute approximate surface area is 161 Å². The maximum Gasteiger partial charge on any atom is 0.326 e. The Hall–Kier alpha value is -1.67. The number of rotatable bonds is 6. The van der Waals surface area contributed by atoms with Crippen LogP contribution in [0.2, 0.25) is 0 Å². The molecule has 0 aromatic carbocycles. The van der Waals surface area contributed by atoms with E-state index in [-0.39, 0.29) is 23.9 Å². The standard InChI is InChI=1S/C19H33N5O3/c1-3-15(2)20-16(25)13-22-9-11-23(12-10-22)14-24-17(26)19(21-18(24)27)7-5-4-6-8-19/h15H,3-14H2,1-2H3,(H,20,25)(H,21,27)/t15-/m0/s1. The lowest BCUT2D eigenvalue weighted by molar-refractivity contribution is -0.134. The minimum atomic E-state index is -0.648. The molecule has 0 aromatic rings. The topological polar surface area (TPSA) is 85.0 Å². The highest BCUT2D eigenvalue weighted by Crippen LogP contribution is 2.33. The zero-order valence-electron chi connectivity index (χ0n) is 16.6. The fourth-order valence-electron chi connectivity index (χ4n) is 4.21. The van der Waals surface area contributed by atoms with Crippen LogP contribution in [0.5, 0.6) is 0 Å². The number of hydrogen-bond donors (Lipinski definition) is 2. The van der Waals surface area contributed by atoms with Gasteiger partial charge in [-0.15, -0.1) is 0 Å². The van der Waals surface area contributed by atoms with Crippen LogP contribution < -0.4 is 10.6 Å². The summed E-state index contributed by atoms with van der Waals surface area (Å²) in [5.41, 5.74) is -0.648. The summed E-state index contributed by atoms with van der Waals surface area (Å²) >= 11 is 0. The largest absolute Gasteiger partial charge is 0.353 e. The maximum atomic E-state index is 12.9. The van der Waals surface area contributed by atoms with Gasteiger partial charge >= 0.3 is 6.03 Å². The van der Waals surface area contributed by atoms with Crippen molar-refractivity contribution in [2.45, 2.75) is 64.0 Å². The van der Waals surface area contributed by atoms with Gasteiger partial charge in [0.05, 0.1) is 13.2 Å². The summed E-state index contributed by atoms with van der Waals surface area (Å²) in [5, 5.41) is 5.96. The maximum absolute atomic E-state index is 12.9. The summed E-state index contributed by atoms with van der Waals surface area (Å²) in [6.07, 6.45) is 5.57. The lowest BCUT2D eigenvalue weighted by Crippen LogP contribution is -2.54. The fourth-order valence-corrected chi connectivity index (χ4v) is 4.21. The normalized spacial score (nSPS) is 24.9. The number of urea groups is 1. The van der Waals surface area contributed by atoms with Gasteiger partial charge in [-0.25, -0.2) is 9.69 Å². The highest BCUT2D eigenvalue weighted by Gasteiger charge is 2.51. The molecular weight excluding hydrogens is 346 g/mol. The first-order valence-electron chi connectivity index (χ1n) is 10.3. The molecular formula is C19H33N5O3. The van der Waals surface area contributed by atoms with E-state index in [1.54, 1.807) is 0 Å². The first kappa shape index (κ1) is 20.1. The molecule has 8 nitrogen and oxygen atoms in total. The molecule has 2 saturated heterocycles. The smallest absolute Gasteiger partial charge is 0.326 e. The van der Waals surface area contributed by atoms with Crippen LogP contribution in [0.15, 0.2) is 0 Å². The predicted octanol–water partition coefficient (Wildman–Crippen LogP) is 0.731. The van der Waals surface area contributed by atoms with Gasteiger partial charge in [-0.05, 0) is 26.2 Å². The Morgan fingerprint density at radius 1 is 1.11 bits per heavy atom. The second-order valence-electron chi connectivity index (χ2n) is 8.22. The van der Waals surface area contributed by atoms with Crippen LogP contribution in [0.1, 0.15) is 52.4 Å². The molecule has 3 aliphatic rings. The molecule has 2 N–H and O–H groups in total. The first-order chi connectivity index (χ1) is 12.9. The van der Waals surface area contributed by atoms with Gasteiger partial charge in [-0.3, -0.25) is 19.4 Å². The van der Waals surface area contributed by atoms with Gasteiger partial charge in [0.25, 0.3) is 5.91 Å². The summed E-state index contributed by atoms with van der Waals surface area (Å²) in [6, 6.07) is -0.0529. The molecule has 1 spiro atoms. The molecule has 27 heavy (non-hydrogen) atoms. The number of hydrogen-bond acceptors (Lipinski definition) is 5. The lowest BCUT2D eigenvalue weighted by atomic mass is 9.82. The van der Waals surface area contributed by atoms with Gasteiger partial charge < -0.3 is 10.6 Å². The van der Waals surface area contributed by atoms with Gasteiger partial charge in [-0.1, -0.05) is 26.2 Å². The zero-order valence-corrected chi connectivity index (χ0v) is 16.6. The molecule has 0 unspecified atom stereocenters. The second-order valence-corrected chi connectivity index (χ2v) is 8.22. The van der Waals surface area contributed by atoms with Crippen LogP contribution in [0, 0.1) is 0 Å². The molecule has 0 aromatic heterocycles. The number of piperazine rings is 1. The van der Waals surface area contributed by atoms with Crippen LogP contribution in [0.4, 0.5) is 4.79 Å². The van der Waals surface area contributed by atoms with E-state index in [9.17, 15) is 14.4 Å². The minimum absolute atomic E-state index is 0.0532. The molecule has 3 rings (SSSR count). The van der Waals surface area contributed by atoms with Crippen LogP contribution in [-0.4, -0.2) is 83.5 Å². The molecule has 4 amide bonds. The predicted molar refractivity (Wildman–Crippen MR) is 102 cm³/mol. The van der Waals surface area contributed by atoms with E-state index >= 15 is 0 Å². The van der Waals surface area contributed by atoms with Gasteiger partial charge in [0, 0.05) is 32.2 Å². The van der Waals surface area contributed by atoms with Crippen LogP contribution in [0.3, 0.4) is 0 Å². The number of carbonyl (C=O) groups is 3. The molecule has 1 atom stereocenters. The minimum Gasteiger partial charge on any atom is -0.353 e. The number of amides is 4. The average Bonchev–Trinajstić information content (AvgIpc) is 2.87. The second kappa shape index (κ2) is 8.56. The van der Waals surface area contributed by atoms with E-state index in [1.165, 1.54) is 4.90 Å². The van der Waals surface area contributed by atoms with E-state index in [0.717, 1.165) is 64.7 Å². The highest BCUT2D eigenvalue weighted by atomic mass is 16.2. The monoisotopic (exact) mass is 379 g/mol. The average molecular weight is 380 g/mol. The first-order valence-corrected chi connectivity index (χ1v) is 10.3. The number of nitrogens with one attached hydrogen (secondary N) is 2. The van der Waals surface area contributed by atoms with Crippen molar-refractivity contribution in [3.8, 4) is 0 Å². The molecule has 3 fully saturated rings. The molecule has 1 aliphatic carbocycles.